The monoisotopic (exact) mass is 249 g/mol. The van der Waals surface area contributed by atoms with Crippen LogP contribution >= 0.6 is 11.6 Å². The van der Waals surface area contributed by atoms with Gasteiger partial charge in [0.05, 0.1) is 6.04 Å². The maximum absolute atomic E-state index is 6.11. The number of halogens is 1. The molecule has 0 amide bonds. The Bertz CT molecular complexity index is 519. The maximum atomic E-state index is 6.11. The van der Waals surface area contributed by atoms with Crippen LogP contribution in [0.1, 0.15) is 28.5 Å². The molecule has 2 nitrogen and oxygen atoms in total. The molecule has 1 aromatic carbocycles. The first-order valence-corrected chi connectivity index (χ1v) is 6.01. The first kappa shape index (κ1) is 12.2. The number of aryl methyl sites for hydroxylation is 2. The summed E-state index contributed by atoms with van der Waals surface area (Å²) in [5, 5.41) is 0.386. The van der Waals surface area contributed by atoms with Crippen molar-refractivity contribution in [1.29, 1.82) is 0 Å². The van der Waals surface area contributed by atoms with Crippen molar-refractivity contribution < 1.29 is 4.42 Å². The number of benzene rings is 1. The summed E-state index contributed by atoms with van der Waals surface area (Å²) in [5.41, 5.74) is 9.86. The van der Waals surface area contributed by atoms with Gasteiger partial charge in [0.1, 0.15) is 5.76 Å². The van der Waals surface area contributed by atoms with Crippen molar-refractivity contribution in [1.82, 2.24) is 0 Å². The van der Waals surface area contributed by atoms with Gasteiger partial charge in [-0.05, 0) is 55.1 Å². The van der Waals surface area contributed by atoms with E-state index >= 15 is 0 Å². The summed E-state index contributed by atoms with van der Waals surface area (Å²) in [6.45, 7) is 4.18. The van der Waals surface area contributed by atoms with Crippen LogP contribution in [0, 0.1) is 13.8 Å². The molecule has 2 N–H and O–H groups in total. The van der Waals surface area contributed by atoms with Gasteiger partial charge in [-0.3, -0.25) is 0 Å². The van der Waals surface area contributed by atoms with E-state index in [4.69, 9.17) is 21.8 Å². The predicted octanol–water partition coefficient (Wildman–Crippen LogP) is 3.79. The van der Waals surface area contributed by atoms with Crippen LogP contribution in [0.4, 0.5) is 0 Å². The molecule has 0 aliphatic rings. The third-order valence-corrected chi connectivity index (χ3v) is 3.11. The summed E-state index contributed by atoms with van der Waals surface area (Å²) in [5.74, 6) is 0.732. The van der Waals surface area contributed by atoms with E-state index in [9.17, 15) is 0 Å². The molecule has 1 aromatic heterocycles. The van der Waals surface area contributed by atoms with Crippen molar-refractivity contribution in [2.45, 2.75) is 26.3 Å². The highest BCUT2D eigenvalue weighted by molar-refractivity contribution is 6.28. The highest BCUT2D eigenvalue weighted by atomic mass is 35.5. The number of nitrogens with two attached hydrogens (primary N) is 1. The Labute approximate surface area is 106 Å². The molecule has 90 valence electrons. The van der Waals surface area contributed by atoms with Crippen molar-refractivity contribution in [3.63, 3.8) is 0 Å². The lowest BCUT2D eigenvalue weighted by atomic mass is 9.98. The lowest BCUT2D eigenvalue weighted by Crippen LogP contribution is -2.13. The van der Waals surface area contributed by atoms with Crippen LogP contribution in [0.2, 0.25) is 5.22 Å². The predicted molar refractivity (Wildman–Crippen MR) is 70.3 cm³/mol. The Balaban J connectivity index is 2.18. The van der Waals surface area contributed by atoms with Crippen LogP contribution in [0.15, 0.2) is 34.7 Å². The quantitative estimate of drug-likeness (QED) is 0.899. The molecule has 0 fully saturated rings. The van der Waals surface area contributed by atoms with Crippen molar-refractivity contribution in [3.05, 3.63) is 58.0 Å². The highest BCUT2D eigenvalue weighted by Gasteiger charge is 2.12. The van der Waals surface area contributed by atoms with E-state index in [0.29, 0.717) is 5.22 Å². The normalized spacial score (nSPS) is 12.7. The summed E-state index contributed by atoms with van der Waals surface area (Å²) in [4.78, 5) is 0. The Hall–Kier alpha value is -1.25. The summed E-state index contributed by atoms with van der Waals surface area (Å²) < 4.78 is 5.33. The molecular formula is C14H16ClNO. The van der Waals surface area contributed by atoms with E-state index in [0.717, 1.165) is 12.2 Å². The zero-order valence-corrected chi connectivity index (χ0v) is 10.8. The van der Waals surface area contributed by atoms with Gasteiger partial charge in [-0.1, -0.05) is 23.8 Å². The van der Waals surface area contributed by atoms with E-state index in [1.807, 2.05) is 6.07 Å². The van der Waals surface area contributed by atoms with E-state index < -0.39 is 0 Å². The Morgan fingerprint density at radius 1 is 1.24 bits per heavy atom. The summed E-state index contributed by atoms with van der Waals surface area (Å²) in [6, 6.07) is 9.79. The summed E-state index contributed by atoms with van der Waals surface area (Å²) in [6.07, 6.45) is 0.761. The van der Waals surface area contributed by atoms with Gasteiger partial charge in [-0.2, -0.15) is 0 Å². The van der Waals surface area contributed by atoms with Gasteiger partial charge in [0.25, 0.3) is 0 Å². The van der Waals surface area contributed by atoms with Gasteiger partial charge in [0.15, 0.2) is 5.22 Å². The smallest absolute Gasteiger partial charge is 0.193 e. The van der Waals surface area contributed by atoms with E-state index in [2.05, 4.69) is 32.0 Å². The molecule has 0 radical (unpaired) electrons. The van der Waals surface area contributed by atoms with Crippen LogP contribution in [-0.4, -0.2) is 0 Å². The van der Waals surface area contributed by atoms with Gasteiger partial charge in [-0.15, -0.1) is 0 Å². The Morgan fingerprint density at radius 2 is 2.00 bits per heavy atom. The van der Waals surface area contributed by atoms with Gasteiger partial charge in [0.2, 0.25) is 0 Å². The fourth-order valence-corrected chi connectivity index (χ4v) is 2.04. The molecule has 0 spiro atoms. The average molecular weight is 250 g/mol. The lowest BCUT2D eigenvalue weighted by Gasteiger charge is -2.12. The third kappa shape index (κ3) is 2.90. The van der Waals surface area contributed by atoms with Crippen LogP contribution < -0.4 is 5.73 Å². The maximum Gasteiger partial charge on any atom is 0.193 e. The Kier molecular flexibility index (Phi) is 3.55. The second-order valence-corrected chi connectivity index (χ2v) is 4.75. The standard InChI is InChI=1S/C14H16ClNO/c1-9-3-4-10(2)11(7-9)8-12(16)13-5-6-14(15)17-13/h3-7,12H,8,16H2,1-2H3. The van der Waals surface area contributed by atoms with Crippen LogP contribution in [0.5, 0.6) is 0 Å². The van der Waals surface area contributed by atoms with Gasteiger partial charge >= 0.3 is 0 Å². The molecule has 2 rings (SSSR count). The first-order valence-electron chi connectivity index (χ1n) is 5.63. The molecular weight excluding hydrogens is 234 g/mol. The number of hydrogen-bond donors (Lipinski definition) is 1. The van der Waals surface area contributed by atoms with Gasteiger partial charge in [-0.25, -0.2) is 0 Å². The lowest BCUT2D eigenvalue weighted by molar-refractivity contribution is 0.466. The molecule has 0 aliphatic carbocycles. The number of rotatable bonds is 3. The fourth-order valence-electron chi connectivity index (χ4n) is 1.89. The Morgan fingerprint density at radius 3 is 2.65 bits per heavy atom. The second-order valence-electron chi connectivity index (χ2n) is 4.38. The van der Waals surface area contributed by atoms with Crippen molar-refractivity contribution in [2.75, 3.05) is 0 Å². The minimum atomic E-state index is -0.150. The van der Waals surface area contributed by atoms with Crippen molar-refractivity contribution >= 4 is 11.6 Å². The summed E-state index contributed by atoms with van der Waals surface area (Å²) >= 11 is 5.74. The second kappa shape index (κ2) is 4.94. The van der Waals surface area contributed by atoms with Crippen molar-refractivity contribution in [2.24, 2.45) is 5.73 Å². The molecule has 0 bridgehead atoms. The topological polar surface area (TPSA) is 39.2 Å². The largest absolute Gasteiger partial charge is 0.448 e. The minimum absolute atomic E-state index is 0.150. The first-order chi connectivity index (χ1) is 8.06. The summed E-state index contributed by atoms with van der Waals surface area (Å²) in [7, 11) is 0. The molecule has 17 heavy (non-hydrogen) atoms. The molecule has 0 aliphatic heterocycles. The van der Waals surface area contributed by atoms with Crippen LogP contribution in [0.3, 0.4) is 0 Å². The van der Waals surface area contributed by atoms with Crippen molar-refractivity contribution in [3.8, 4) is 0 Å². The fraction of sp³-hybridized carbons (Fsp3) is 0.286. The van der Waals surface area contributed by atoms with E-state index in [-0.39, 0.29) is 6.04 Å². The zero-order valence-electron chi connectivity index (χ0n) is 10.0. The van der Waals surface area contributed by atoms with Crippen LogP contribution in [0.25, 0.3) is 0 Å². The van der Waals surface area contributed by atoms with E-state index in [1.165, 1.54) is 16.7 Å². The number of hydrogen-bond acceptors (Lipinski definition) is 2. The highest BCUT2D eigenvalue weighted by Crippen LogP contribution is 2.23. The third-order valence-electron chi connectivity index (χ3n) is 2.90. The molecule has 2 aromatic rings. The molecule has 3 heteroatoms. The van der Waals surface area contributed by atoms with Gasteiger partial charge in [0, 0.05) is 0 Å². The molecule has 1 heterocycles. The average Bonchev–Trinajstić information content (AvgIpc) is 2.70. The number of furan rings is 1. The molecule has 1 unspecified atom stereocenters. The molecule has 0 saturated carbocycles. The zero-order chi connectivity index (χ0) is 12.4. The molecule has 1 atom stereocenters. The molecule has 0 saturated heterocycles. The minimum Gasteiger partial charge on any atom is -0.448 e. The van der Waals surface area contributed by atoms with Crippen LogP contribution in [-0.2, 0) is 6.42 Å². The van der Waals surface area contributed by atoms with E-state index in [1.54, 1.807) is 6.07 Å². The SMILES string of the molecule is Cc1ccc(C)c(CC(N)c2ccc(Cl)o2)c1. The van der Waals surface area contributed by atoms with Gasteiger partial charge < -0.3 is 10.2 Å².